The number of carbonyl (C=O) groups is 1. The van der Waals surface area contributed by atoms with Gasteiger partial charge < -0.3 is 10.4 Å². The zero-order chi connectivity index (χ0) is 18.0. The van der Waals surface area contributed by atoms with Crippen LogP contribution in [0.15, 0.2) is 18.2 Å². The molecule has 0 atom stereocenters. The van der Waals surface area contributed by atoms with Gasteiger partial charge in [0, 0.05) is 5.02 Å². The van der Waals surface area contributed by atoms with Gasteiger partial charge >= 0.3 is 0 Å². The van der Waals surface area contributed by atoms with Gasteiger partial charge in [0.15, 0.2) is 0 Å². The highest BCUT2D eigenvalue weighted by atomic mass is 35.5. The smallest absolute Gasteiger partial charge is 0.283 e. The van der Waals surface area contributed by atoms with Gasteiger partial charge in [-0.15, -0.1) is 0 Å². The van der Waals surface area contributed by atoms with Gasteiger partial charge in [-0.25, -0.2) is 17.6 Å². The van der Waals surface area contributed by atoms with E-state index in [9.17, 15) is 27.5 Å². The molecule has 0 aliphatic rings. The van der Waals surface area contributed by atoms with E-state index >= 15 is 0 Å². The van der Waals surface area contributed by atoms with Crippen molar-refractivity contribution < 1.29 is 27.5 Å². The molecule has 0 bridgehead atoms. The van der Waals surface area contributed by atoms with Crippen LogP contribution < -0.4 is 5.32 Å². The molecule has 0 unspecified atom stereocenters. The molecule has 0 saturated heterocycles. The second-order valence-electron chi connectivity index (χ2n) is 4.55. The molecule has 11 heteroatoms. The summed E-state index contributed by atoms with van der Waals surface area (Å²) < 4.78 is 51.8. The van der Waals surface area contributed by atoms with Crippen molar-refractivity contribution in [3.8, 4) is 5.75 Å². The van der Waals surface area contributed by atoms with Crippen molar-refractivity contribution in [1.82, 2.24) is 9.78 Å². The van der Waals surface area contributed by atoms with Crippen LogP contribution in [0.1, 0.15) is 24.2 Å². The van der Waals surface area contributed by atoms with Crippen LogP contribution in [0.5, 0.6) is 5.75 Å². The molecule has 5 nitrogen and oxygen atoms in total. The van der Waals surface area contributed by atoms with Gasteiger partial charge in [0.25, 0.3) is 12.9 Å². The summed E-state index contributed by atoms with van der Waals surface area (Å²) in [5, 5.41) is 14.4. The Bertz CT molecular complexity index is 768. The Morgan fingerprint density at radius 2 is 1.92 bits per heavy atom. The van der Waals surface area contributed by atoms with Crippen LogP contribution >= 0.6 is 23.2 Å². The molecule has 24 heavy (non-hydrogen) atoms. The molecule has 0 aliphatic heterocycles. The minimum Gasteiger partial charge on any atom is -0.506 e. The Morgan fingerprint density at radius 1 is 1.25 bits per heavy atom. The zero-order valence-corrected chi connectivity index (χ0v) is 13.1. The van der Waals surface area contributed by atoms with E-state index in [1.807, 2.05) is 0 Å². The van der Waals surface area contributed by atoms with Crippen LogP contribution in [0.3, 0.4) is 0 Å². The normalized spacial score (nSPS) is 11.3. The van der Waals surface area contributed by atoms with Crippen molar-refractivity contribution in [3.63, 3.8) is 0 Å². The standard InChI is InChI=1S/C13H9Cl2F4N3O2/c14-5-1-2-7(23)6(3-5)20-8(24)4-22-11(13(18)19)9(15)10(21-22)12(16)17/h1-3,12-13,23H,4H2,(H,20,24). The SMILES string of the molecule is O=C(Cn1nc(C(F)F)c(Cl)c1C(F)F)Nc1cc(Cl)ccc1O. The molecular weight excluding hydrogens is 377 g/mol. The van der Waals surface area contributed by atoms with E-state index in [-0.39, 0.29) is 16.5 Å². The predicted octanol–water partition coefficient (Wildman–Crippen LogP) is 4.41. The van der Waals surface area contributed by atoms with Crippen molar-refractivity contribution in [2.24, 2.45) is 0 Å². The van der Waals surface area contributed by atoms with Gasteiger partial charge in [-0.2, -0.15) is 5.10 Å². The van der Waals surface area contributed by atoms with Gasteiger partial charge in [0.05, 0.1) is 10.7 Å². The van der Waals surface area contributed by atoms with Crippen LogP contribution in [0.2, 0.25) is 10.0 Å². The van der Waals surface area contributed by atoms with Crippen molar-refractivity contribution in [3.05, 3.63) is 39.6 Å². The Kier molecular flexibility index (Phi) is 5.55. The Hall–Kier alpha value is -2.00. The first kappa shape index (κ1) is 18.3. The number of amides is 1. The fraction of sp³-hybridized carbons (Fsp3) is 0.231. The van der Waals surface area contributed by atoms with E-state index in [2.05, 4.69) is 10.4 Å². The van der Waals surface area contributed by atoms with Crippen LogP contribution in [0.25, 0.3) is 0 Å². The molecule has 1 amide bonds. The number of benzene rings is 1. The van der Waals surface area contributed by atoms with Crippen molar-refractivity contribution in [2.75, 3.05) is 5.32 Å². The van der Waals surface area contributed by atoms with Crippen molar-refractivity contribution in [2.45, 2.75) is 19.4 Å². The minimum atomic E-state index is -3.20. The number of phenolic OH excluding ortho intramolecular Hbond substituents is 1. The second kappa shape index (κ2) is 7.27. The fourth-order valence-electron chi connectivity index (χ4n) is 1.87. The van der Waals surface area contributed by atoms with E-state index in [1.54, 1.807) is 0 Å². The molecule has 1 aromatic heterocycles. The molecule has 2 N–H and O–H groups in total. The molecule has 2 rings (SSSR count). The predicted molar refractivity (Wildman–Crippen MR) is 78.9 cm³/mol. The third-order valence-electron chi connectivity index (χ3n) is 2.90. The number of nitrogens with one attached hydrogen (secondary N) is 1. The maximum atomic E-state index is 13.0. The summed E-state index contributed by atoms with van der Waals surface area (Å²) in [5.41, 5.74) is -2.10. The number of halogens is 6. The number of alkyl halides is 4. The number of rotatable bonds is 5. The average Bonchev–Trinajstić information content (AvgIpc) is 2.79. The molecule has 2 aromatic rings. The average molecular weight is 386 g/mol. The maximum Gasteiger partial charge on any atom is 0.283 e. The molecule has 0 fully saturated rings. The molecule has 0 saturated carbocycles. The van der Waals surface area contributed by atoms with Crippen LogP contribution in [0.4, 0.5) is 23.2 Å². The van der Waals surface area contributed by atoms with Crippen molar-refractivity contribution in [1.29, 1.82) is 0 Å². The lowest BCUT2D eigenvalue weighted by Crippen LogP contribution is -2.21. The minimum absolute atomic E-state index is 0.0709. The Balaban J connectivity index is 2.25. The van der Waals surface area contributed by atoms with Gasteiger partial charge in [0.1, 0.15) is 23.7 Å². The lowest BCUT2D eigenvalue weighted by molar-refractivity contribution is -0.117. The summed E-state index contributed by atoms with van der Waals surface area (Å²) in [4.78, 5) is 11.9. The number of carbonyl (C=O) groups excluding carboxylic acids is 1. The van der Waals surface area contributed by atoms with Gasteiger partial charge in [-0.05, 0) is 18.2 Å². The number of aromatic hydroxyl groups is 1. The highest BCUT2D eigenvalue weighted by Crippen LogP contribution is 2.34. The molecule has 1 heterocycles. The second-order valence-corrected chi connectivity index (χ2v) is 5.37. The maximum absolute atomic E-state index is 13.0. The molecule has 1 aromatic carbocycles. The monoisotopic (exact) mass is 385 g/mol. The fourth-order valence-corrected chi connectivity index (χ4v) is 2.35. The summed E-state index contributed by atoms with van der Waals surface area (Å²) in [5.74, 6) is -1.21. The van der Waals surface area contributed by atoms with Crippen LogP contribution in [-0.2, 0) is 11.3 Å². The number of aromatic nitrogens is 2. The number of hydrogen-bond acceptors (Lipinski definition) is 3. The first-order valence-corrected chi connectivity index (χ1v) is 7.07. The molecule has 130 valence electrons. The summed E-state index contributed by atoms with van der Waals surface area (Å²) in [6.07, 6.45) is -6.37. The summed E-state index contributed by atoms with van der Waals surface area (Å²) in [7, 11) is 0. The quantitative estimate of drug-likeness (QED) is 0.591. The Morgan fingerprint density at radius 3 is 2.50 bits per heavy atom. The van der Waals surface area contributed by atoms with Gasteiger partial charge in [0.2, 0.25) is 5.91 Å². The van der Waals surface area contributed by atoms with Crippen molar-refractivity contribution >= 4 is 34.8 Å². The van der Waals surface area contributed by atoms with Crippen LogP contribution in [-0.4, -0.2) is 20.8 Å². The molecule has 0 aliphatic carbocycles. The van der Waals surface area contributed by atoms with E-state index < -0.39 is 41.7 Å². The third-order valence-corrected chi connectivity index (χ3v) is 3.52. The number of hydrogen-bond donors (Lipinski definition) is 2. The van der Waals surface area contributed by atoms with E-state index in [4.69, 9.17) is 23.2 Å². The van der Waals surface area contributed by atoms with E-state index in [1.165, 1.54) is 18.2 Å². The Labute approximate surface area is 142 Å². The molecule has 0 radical (unpaired) electrons. The molecule has 0 spiro atoms. The third kappa shape index (κ3) is 3.90. The highest BCUT2D eigenvalue weighted by Gasteiger charge is 2.28. The summed E-state index contributed by atoms with van der Waals surface area (Å²) in [6.45, 7) is -0.807. The first-order chi connectivity index (χ1) is 11.2. The van der Waals surface area contributed by atoms with Crippen LogP contribution in [0, 0.1) is 0 Å². The van der Waals surface area contributed by atoms with Gasteiger partial charge in [-0.1, -0.05) is 23.2 Å². The topological polar surface area (TPSA) is 67.2 Å². The number of nitrogens with zero attached hydrogens (tertiary/aromatic N) is 2. The van der Waals surface area contributed by atoms with Gasteiger partial charge in [-0.3, -0.25) is 9.48 Å². The summed E-state index contributed by atoms with van der Waals surface area (Å²) in [6, 6.07) is 3.80. The highest BCUT2D eigenvalue weighted by molar-refractivity contribution is 6.32. The largest absolute Gasteiger partial charge is 0.506 e. The number of anilines is 1. The number of phenols is 1. The van der Waals surface area contributed by atoms with E-state index in [0.29, 0.717) is 4.68 Å². The molecular formula is C13H9Cl2F4N3O2. The van der Waals surface area contributed by atoms with E-state index in [0.717, 1.165) is 0 Å². The zero-order valence-electron chi connectivity index (χ0n) is 11.6. The lowest BCUT2D eigenvalue weighted by Gasteiger charge is -2.09. The first-order valence-electron chi connectivity index (χ1n) is 6.31. The lowest BCUT2D eigenvalue weighted by atomic mass is 10.3. The summed E-state index contributed by atoms with van der Waals surface area (Å²) >= 11 is 11.2.